The van der Waals surface area contributed by atoms with Gasteiger partial charge in [-0.25, -0.2) is 14.0 Å². The van der Waals surface area contributed by atoms with Crippen LogP contribution in [0.2, 0.25) is 0 Å². The first-order valence-electron chi connectivity index (χ1n) is 8.99. The quantitative estimate of drug-likeness (QED) is 0.785. The molecule has 2 aromatic rings. The zero-order valence-electron chi connectivity index (χ0n) is 16.7. The Labute approximate surface area is 158 Å². The largest absolute Gasteiger partial charge is 0.461 e. The highest BCUT2D eigenvalue weighted by Gasteiger charge is 2.24. The van der Waals surface area contributed by atoms with Gasteiger partial charge in [-0.15, -0.1) is 0 Å². The summed E-state index contributed by atoms with van der Waals surface area (Å²) in [4.78, 5) is 24.3. The predicted octanol–water partition coefficient (Wildman–Crippen LogP) is 4.35. The molecule has 2 rings (SSSR count). The lowest BCUT2D eigenvalue weighted by Gasteiger charge is -2.22. The number of aromatic nitrogens is 1. The molecule has 0 radical (unpaired) electrons. The fraction of sp³-hybridized carbons (Fsp3) is 0.500. The molecule has 1 atom stereocenters. The molecule has 7 heteroatoms. The van der Waals surface area contributed by atoms with Gasteiger partial charge >= 0.3 is 12.1 Å². The van der Waals surface area contributed by atoms with Crippen molar-refractivity contribution in [3.63, 3.8) is 0 Å². The van der Waals surface area contributed by atoms with Gasteiger partial charge in [0, 0.05) is 18.0 Å². The molecule has 6 nitrogen and oxygen atoms in total. The van der Waals surface area contributed by atoms with Crippen LogP contribution in [0.5, 0.6) is 0 Å². The first-order chi connectivity index (χ1) is 12.5. The van der Waals surface area contributed by atoms with E-state index < -0.39 is 29.5 Å². The number of aryl methyl sites for hydroxylation is 1. The van der Waals surface area contributed by atoms with Gasteiger partial charge in [-0.3, -0.25) is 0 Å². The third kappa shape index (κ3) is 4.78. The molecule has 0 aliphatic heterocycles. The van der Waals surface area contributed by atoms with E-state index in [4.69, 9.17) is 9.47 Å². The van der Waals surface area contributed by atoms with E-state index in [0.717, 1.165) is 0 Å². The van der Waals surface area contributed by atoms with Crippen molar-refractivity contribution in [1.82, 2.24) is 9.88 Å². The maximum absolute atomic E-state index is 14.8. The Morgan fingerprint density at radius 2 is 1.96 bits per heavy atom. The lowest BCUT2D eigenvalue weighted by molar-refractivity contribution is 0.0512. The molecule has 0 spiro atoms. The smallest absolute Gasteiger partial charge is 0.407 e. The van der Waals surface area contributed by atoms with Crippen LogP contribution in [0.15, 0.2) is 18.2 Å². The zero-order chi connectivity index (χ0) is 20.4. The Hall–Kier alpha value is -2.57. The summed E-state index contributed by atoms with van der Waals surface area (Å²) >= 11 is 0. The van der Waals surface area contributed by atoms with E-state index in [1.54, 1.807) is 64.3 Å². The van der Waals surface area contributed by atoms with Crippen LogP contribution in [-0.2, 0) is 9.47 Å². The highest BCUT2D eigenvalue weighted by molar-refractivity contribution is 5.96. The Bertz CT molecular complexity index is 852. The van der Waals surface area contributed by atoms with Crippen LogP contribution in [0.25, 0.3) is 10.9 Å². The number of hydrogen-bond donors (Lipinski definition) is 1. The molecule has 0 saturated carbocycles. The molecule has 1 aromatic carbocycles. The summed E-state index contributed by atoms with van der Waals surface area (Å²) in [6.45, 7) is 10.9. The molecule has 148 valence electrons. The Morgan fingerprint density at radius 3 is 2.56 bits per heavy atom. The fourth-order valence-corrected chi connectivity index (χ4v) is 2.84. The number of esters is 1. The average molecular weight is 378 g/mol. The third-order valence-corrected chi connectivity index (χ3v) is 4.00. The van der Waals surface area contributed by atoms with Crippen molar-refractivity contribution in [1.29, 1.82) is 0 Å². The molecule has 1 N–H and O–H groups in total. The average Bonchev–Trinajstić information content (AvgIpc) is 2.95. The highest BCUT2D eigenvalue weighted by Crippen LogP contribution is 2.28. The molecule has 27 heavy (non-hydrogen) atoms. The number of carbonyl (C=O) groups is 2. The van der Waals surface area contributed by atoms with E-state index in [1.807, 2.05) is 0 Å². The number of ether oxygens (including phenoxy) is 2. The fourth-order valence-electron chi connectivity index (χ4n) is 2.84. The van der Waals surface area contributed by atoms with Crippen molar-refractivity contribution in [2.75, 3.05) is 13.2 Å². The first kappa shape index (κ1) is 20.7. The monoisotopic (exact) mass is 378 g/mol. The SMILES string of the molecule is CCOC(=O)c1cc2ccc(C)c(F)c2n1[C@H](C)CNC(=O)OC(C)(C)C. The number of nitrogens with zero attached hydrogens (tertiary/aromatic N) is 1. The second-order valence-electron chi connectivity index (χ2n) is 7.49. The summed E-state index contributed by atoms with van der Waals surface area (Å²) in [5.74, 6) is -0.929. The van der Waals surface area contributed by atoms with E-state index in [1.165, 1.54) is 0 Å². The Kier molecular flexibility index (Phi) is 6.13. The molecule has 0 aliphatic carbocycles. The molecular weight excluding hydrogens is 351 g/mol. The first-order valence-corrected chi connectivity index (χ1v) is 8.99. The minimum absolute atomic E-state index is 0.165. The van der Waals surface area contributed by atoms with Gasteiger partial charge < -0.3 is 19.4 Å². The second kappa shape index (κ2) is 7.98. The molecule has 1 aromatic heterocycles. The predicted molar refractivity (Wildman–Crippen MR) is 102 cm³/mol. The number of alkyl carbamates (subject to hydrolysis) is 1. The summed E-state index contributed by atoms with van der Waals surface area (Å²) in [5, 5.41) is 3.27. The van der Waals surface area contributed by atoms with Crippen LogP contribution in [0.3, 0.4) is 0 Å². The standard InChI is InChI=1S/C20H27FN2O4/c1-7-26-18(24)15-10-14-9-8-12(2)16(21)17(14)23(15)13(3)11-22-19(25)27-20(4,5)6/h8-10,13H,7,11H2,1-6H3,(H,22,25)/t13-/m1/s1. The van der Waals surface area contributed by atoms with E-state index in [0.29, 0.717) is 16.5 Å². The molecule has 0 unspecified atom stereocenters. The number of nitrogens with one attached hydrogen (secondary N) is 1. The molecule has 0 bridgehead atoms. The second-order valence-corrected chi connectivity index (χ2v) is 7.49. The summed E-state index contributed by atoms with van der Waals surface area (Å²) in [6.07, 6.45) is -0.569. The number of rotatable bonds is 5. The summed E-state index contributed by atoms with van der Waals surface area (Å²) in [7, 11) is 0. The van der Waals surface area contributed by atoms with E-state index >= 15 is 0 Å². The number of benzene rings is 1. The van der Waals surface area contributed by atoms with Crippen molar-refractivity contribution in [2.24, 2.45) is 0 Å². The molecule has 1 heterocycles. The lowest BCUT2D eigenvalue weighted by Crippen LogP contribution is -2.35. The van der Waals surface area contributed by atoms with Gasteiger partial charge in [0.05, 0.1) is 12.1 Å². The van der Waals surface area contributed by atoms with Gasteiger partial charge in [-0.05, 0) is 53.2 Å². The van der Waals surface area contributed by atoms with Crippen molar-refractivity contribution < 1.29 is 23.5 Å². The molecule has 0 saturated heterocycles. The number of fused-ring (bicyclic) bond motifs is 1. The molecule has 0 fully saturated rings. The number of halogens is 1. The Morgan fingerprint density at radius 1 is 1.30 bits per heavy atom. The van der Waals surface area contributed by atoms with E-state index in [9.17, 15) is 14.0 Å². The van der Waals surface area contributed by atoms with Crippen LogP contribution in [0, 0.1) is 12.7 Å². The van der Waals surface area contributed by atoms with Gasteiger partial charge in [0.2, 0.25) is 0 Å². The Balaban J connectivity index is 2.39. The van der Waals surface area contributed by atoms with E-state index in [2.05, 4.69) is 5.32 Å². The van der Waals surface area contributed by atoms with Gasteiger partial charge in [0.25, 0.3) is 0 Å². The summed E-state index contributed by atoms with van der Waals surface area (Å²) in [5.41, 5.74) is 0.420. The lowest BCUT2D eigenvalue weighted by atomic mass is 10.1. The normalized spacial score (nSPS) is 12.7. The van der Waals surface area contributed by atoms with Crippen LogP contribution in [0.4, 0.5) is 9.18 Å². The van der Waals surface area contributed by atoms with Gasteiger partial charge in [0.1, 0.15) is 17.1 Å². The third-order valence-electron chi connectivity index (χ3n) is 4.00. The van der Waals surface area contributed by atoms with Crippen molar-refractivity contribution >= 4 is 23.0 Å². The number of hydrogen-bond acceptors (Lipinski definition) is 4. The highest BCUT2D eigenvalue weighted by atomic mass is 19.1. The van der Waals surface area contributed by atoms with Crippen molar-refractivity contribution in [3.05, 3.63) is 35.3 Å². The van der Waals surface area contributed by atoms with Crippen molar-refractivity contribution in [2.45, 2.75) is 53.2 Å². The van der Waals surface area contributed by atoms with Crippen LogP contribution < -0.4 is 5.32 Å². The molecule has 1 amide bonds. The topological polar surface area (TPSA) is 69.6 Å². The zero-order valence-corrected chi connectivity index (χ0v) is 16.7. The number of carbonyl (C=O) groups excluding carboxylic acids is 2. The minimum atomic E-state index is -0.618. The maximum atomic E-state index is 14.8. The van der Waals surface area contributed by atoms with E-state index in [-0.39, 0.29) is 18.8 Å². The summed E-state index contributed by atoms with van der Waals surface area (Å²) in [6, 6.07) is 4.65. The van der Waals surface area contributed by atoms with Crippen LogP contribution in [-0.4, -0.2) is 35.4 Å². The van der Waals surface area contributed by atoms with Gasteiger partial charge in [0.15, 0.2) is 0 Å². The van der Waals surface area contributed by atoms with Crippen molar-refractivity contribution in [3.8, 4) is 0 Å². The van der Waals surface area contributed by atoms with Gasteiger partial charge in [-0.2, -0.15) is 0 Å². The maximum Gasteiger partial charge on any atom is 0.407 e. The van der Waals surface area contributed by atoms with Gasteiger partial charge in [-0.1, -0.05) is 12.1 Å². The molecule has 0 aliphatic rings. The van der Waals surface area contributed by atoms with Crippen LogP contribution >= 0.6 is 0 Å². The summed E-state index contributed by atoms with van der Waals surface area (Å²) < 4.78 is 26.7. The number of amides is 1. The minimum Gasteiger partial charge on any atom is -0.461 e. The van der Waals surface area contributed by atoms with Crippen LogP contribution in [0.1, 0.15) is 56.7 Å². The molecular formula is C20H27FN2O4.